The Hall–Kier alpha value is -0.950. The van der Waals surface area contributed by atoms with E-state index in [1.807, 2.05) is 37.4 Å². The lowest BCUT2D eigenvalue weighted by Crippen LogP contribution is -2.50. The smallest absolute Gasteiger partial charge is 0.234 e. The fourth-order valence-corrected chi connectivity index (χ4v) is 4.47. The largest absolute Gasteiger partial charge is 0.304 e. The zero-order chi connectivity index (χ0) is 14.9. The van der Waals surface area contributed by atoms with Crippen LogP contribution in [-0.2, 0) is 10.0 Å². The van der Waals surface area contributed by atoms with Gasteiger partial charge >= 0.3 is 0 Å². The van der Waals surface area contributed by atoms with Crippen molar-refractivity contribution >= 4 is 10.0 Å². The highest BCUT2D eigenvalue weighted by Crippen LogP contribution is 2.29. The van der Waals surface area contributed by atoms with Gasteiger partial charge < -0.3 is 4.90 Å². The second-order valence-corrected chi connectivity index (χ2v) is 8.00. The fraction of sp³-hybridized carbons (Fsp3) is 0.600. The van der Waals surface area contributed by atoms with Crippen LogP contribution in [0.25, 0.3) is 0 Å². The number of hydrogen-bond donors (Lipinski definition) is 1. The third-order valence-electron chi connectivity index (χ3n) is 4.19. The van der Waals surface area contributed by atoms with Gasteiger partial charge in [0.2, 0.25) is 10.0 Å². The van der Waals surface area contributed by atoms with E-state index in [2.05, 4.69) is 10.2 Å². The van der Waals surface area contributed by atoms with Gasteiger partial charge in [-0.1, -0.05) is 30.3 Å². The van der Waals surface area contributed by atoms with Crippen LogP contribution in [0.3, 0.4) is 0 Å². The molecule has 2 fully saturated rings. The van der Waals surface area contributed by atoms with Crippen LogP contribution >= 0.6 is 0 Å². The van der Waals surface area contributed by atoms with Crippen LogP contribution in [0, 0.1) is 0 Å². The van der Waals surface area contributed by atoms with Crippen LogP contribution < -0.4 is 5.32 Å². The van der Waals surface area contributed by atoms with Crippen molar-refractivity contribution in [2.75, 3.05) is 33.2 Å². The molecular weight excluding hydrogens is 286 g/mol. The summed E-state index contributed by atoms with van der Waals surface area (Å²) in [4.78, 5) is 2.16. The number of nitrogens with zero attached hydrogens (tertiary/aromatic N) is 2. The number of likely N-dealkylation sites (N-methyl/N-ethyl adjacent to an activating group) is 1. The number of rotatable bonds is 5. The molecule has 1 unspecified atom stereocenters. The summed E-state index contributed by atoms with van der Waals surface area (Å²) in [6.45, 7) is 2.75. The molecule has 2 aliphatic rings. The van der Waals surface area contributed by atoms with E-state index in [1.165, 1.54) is 0 Å². The monoisotopic (exact) mass is 309 g/mol. The van der Waals surface area contributed by atoms with Crippen LogP contribution in [0.1, 0.15) is 23.8 Å². The van der Waals surface area contributed by atoms with E-state index in [4.69, 9.17) is 0 Å². The van der Waals surface area contributed by atoms with Gasteiger partial charge in [-0.25, -0.2) is 8.42 Å². The van der Waals surface area contributed by atoms with Gasteiger partial charge in [0.25, 0.3) is 0 Å². The first-order chi connectivity index (χ1) is 10.1. The van der Waals surface area contributed by atoms with Crippen LogP contribution in [0.2, 0.25) is 0 Å². The Labute approximate surface area is 127 Å². The molecule has 1 N–H and O–H groups in total. The van der Waals surface area contributed by atoms with Gasteiger partial charge in [0.15, 0.2) is 5.37 Å². The van der Waals surface area contributed by atoms with Gasteiger partial charge in [-0.15, -0.1) is 0 Å². The first-order valence-electron chi connectivity index (χ1n) is 7.56. The molecule has 1 aromatic carbocycles. The topological polar surface area (TPSA) is 52.7 Å². The van der Waals surface area contributed by atoms with E-state index < -0.39 is 15.4 Å². The minimum absolute atomic E-state index is 0.345. The zero-order valence-electron chi connectivity index (χ0n) is 12.4. The average Bonchev–Trinajstić information content (AvgIpc) is 3.30. The second-order valence-electron chi connectivity index (χ2n) is 5.98. The Morgan fingerprint density at radius 2 is 1.71 bits per heavy atom. The molecule has 1 saturated heterocycles. The van der Waals surface area contributed by atoms with Crippen molar-refractivity contribution in [2.24, 2.45) is 0 Å². The molecule has 1 saturated carbocycles. The molecule has 1 heterocycles. The lowest BCUT2D eigenvalue weighted by atomic mass is 10.2. The summed E-state index contributed by atoms with van der Waals surface area (Å²) in [6.07, 6.45) is 2.14. The van der Waals surface area contributed by atoms with Crippen molar-refractivity contribution in [2.45, 2.75) is 24.3 Å². The zero-order valence-corrected chi connectivity index (χ0v) is 13.2. The molecule has 6 heteroatoms. The average molecular weight is 309 g/mol. The molecule has 3 rings (SSSR count). The lowest BCUT2D eigenvalue weighted by molar-refractivity contribution is 0.220. The molecular formula is C15H23N3O2S. The SMILES string of the molecule is CN1CCN(S(=O)(=O)C(NC2CC2)c2ccccc2)CC1. The summed E-state index contributed by atoms with van der Waals surface area (Å²) < 4.78 is 27.6. The Bertz CT molecular complexity index is 564. The highest BCUT2D eigenvalue weighted by Gasteiger charge is 2.37. The number of nitrogens with one attached hydrogen (secondary N) is 1. The van der Waals surface area contributed by atoms with Crippen LogP contribution in [0.15, 0.2) is 30.3 Å². The van der Waals surface area contributed by atoms with Gasteiger partial charge in [-0.2, -0.15) is 4.31 Å². The number of sulfonamides is 1. The number of piperazine rings is 1. The minimum atomic E-state index is -3.36. The third kappa shape index (κ3) is 3.45. The van der Waals surface area contributed by atoms with E-state index in [9.17, 15) is 8.42 Å². The Morgan fingerprint density at radius 1 is 1.10 bits per heavy atom. The standard InChI is InChI=1S/C15H23N3O2S/c1-17-9-11-18(12-10-17)21(19,20)15(16-14-7-8-14)13-5-3-2-4-6-13/h2-6,14-16H,7-12H2,1H3. The molecule has 0 aromatic heterocycles. The maximum atomic E-state index is 13.0. The summed E-state index contributed by atoms with van der Waals surface area (Å²) >= 11 is 0. The van der Waals surface area contributed by atoms with E-state index in [1.54, 1.807) is 4.31 Å². The highest BCUT2D eigenvalue weighted by molar-refractivity contribution is 7.89. The molecule has 0 amide bonds. The van der Waals surface area contributed by atoms with E-state index in [0.29, 0.717) is 19.1 Å². The summed E-state index contributed by atoms with van der Waals surface area (Å²) in [5.41, 5.74) is 0.836. The lowest BCUT2D eigenvalue weighted by Gasteiger charge is -2.34. The molecule has 5 nitrogen and oxygen atoms in total. The van der Waals surface area contributed by atoms with E-state index >= 15 is 0 Å². The highest BCUT2D eigenvalue weighted by atomic mass is 32.2. The first-order valence-corrected chi connectivity index (χ1v) is 9.06. The van der Waals surface area contributed by atoms with Gasteiger partial charge in [0.1, 0.15) is 0 Å². The minimum Gasteiger partial charge on any atom is -0.304 e. The van der Waals surface area contributed by atoms with Gasteiger partial charge in [0.05, 0.1) is 0 Å². The predicted molar refractivity (Wildman–Crippen MR) is 83.3 cm³/mol. The van der Waals surface area contributed by atoms with Crippen LogP contribution in [0.5, 0.6) is 0 Å². The molecule has 1 aliphatic carbocycles. The second kappa shape index (κ2) is 6.04. The molecule has 0 bridgehead atoms. The normalized spacial score (nSPS) is 23.1. The maximum Gasteiger partial charge on any atom is 0.234 e. The van der Waals surface area contributed by atoms with Crippen molar-refractivity contribution in [3.63, 3.8) is 0 Å². The van der Waals surface area contributed by atoms with Crippen molar-refractivity contribution in [3.8, 4) is 0 Å². The van der Waals surface area contributed by atoms with E-state index in [0.717, 1.165) is 31.5 Å². The maximum absolute atomic E-state index is 13.0. The Balaban J connectivity index is 1.84. The molecule has 0 radical (unpaired) electrons. The summed E-state index contributed by atoms with van der Waals surface area (Å²) in [6, 6.07) is 9.85. The van der Waals surface area contributed by atoms with Gasteiger partial charge in [-0.3, -0.25) is 5.32 Å². The van der Waals surface area contributed by atoms with Crippen LogP contribution in [-0.4, -0.2) is 56.9 Å². The Kier molecular flexibility index (Phi) is 4.31. The molecule has 1 atom stereocenters. The van der Waals surface area contributed by atoms with Gasteiger partial charge in [-0.05, 0) is 25.5 Å². The predicted octanol–water partition coefficient (Wildman–Crippen LogP) is 1.01. The van der Waals surface area contributed by atoms with Gasteiger partial charge in [0, 0.05) is 32.2 Å². The summed E-state index contributed by atoms with van der Waals surface area (Å²) in [5, 5.41) is 2.70. The Morgan fingerprint density at radius 3 is 2.29 bits per heavy atom. The molecule has 1 aliphatic heterocycles. The molecule has 1 aromatic rings. The summed E-state index contributed by atoms with van der Waals surface area (Å²) in [7, 11) is -1.33. The van der Waals surface area contributed by atoms with Crippen molar-refractivity contribution in [1.29, 1.82) is 0 Å². The molecule has 21 heavy (non-hydrogen) atoms. The van der Waals surface area contributed by atoms with Crippen molar-refractivity contribution in [3.05, 3.63) is 35.9 Å². The molecule has 0 spiro atoms. The summed E-state index contributed by atoms with van der Waals surface area (Å²) in [5.74, 6) is 0. The fourth-order valence-electron chi connectivity index (χ4n) is 2.64. The van der Waals surface area contributed by atoms with Crippen molar-refractivity contribution < 1.29 is 8.42 Å². The quantitative estimate of drug-likeness (QED) is 0.882. The van der Waals surface area contributed by atoms with Crippen molar-refractivity contribution in [1.82, 2.24) is 14.5 Å². The third-order valence-corrected chi connectivity index (χ3v) is 6.28. The number of benzene rings is 1. The first kappa shape index (κ1) is 15.0. The van der Waals surface area contributed by atoms with E-state index in [-0.39, 0.29) is 0 Å². The molecule has 116 valence electrons. The van der Waals surface area contributed by atoms with Crippen LogP contribution in [0.4, 0.5) is 0 Å². The number of hydrogen-bond acceptors (Lipinski definition) is 4.